The van der Waals surface area contributed by atoms with Gasteiger partial charge >= 0.3 is 0 Å². The number of pyridine rings is 3. The third-order valence-corrected chi connectivity index (χ3v) is 2.55. The Morgan fingerprint density at radius 3 is 2.00 bits per heavy atom. The topological polar surface area (TPSA) is 38.7 Å². The van der Waals surface area contributed by atoms with E-state index in [-0.39, 0.29) is 0 Å². The zero-order valence-electron chi connectivity index (χ0n) is 10.6. The van der Waals surface area contributed by atoms with Crippen LogP contribution in [0.2, 0.25) is 0 Å². The summed E-state index contributed by atoms with van der Waals surface area (Å²) in [6.45, 7) is 0. The predicted molar refractivity (Wildman–Crippen MR) is 70.7 cm³/mol. The predicted octanol–water partition coefficient (Wildman–Crippen LogP) is 3.21. The number of aromatic nitrogens is 3. The minimum atomic E-state index is 0.347. The molecule has 0 amide bonds. The number of hydrogen-bond donors (Lipinski definition) is 0. The molecule has 0 spiro atoms. The molecule has 3 heterocycles. The maximum absolute atomic E-state index is 8.28. The van der Waals surface area contributed by atoms with Crippen molar-refractivity contribution in [3.05, 3.63) is 67.1 Å². The molecule has 0 bridgehead atoms. The van der Waals surface area contributed by atoms with Crippen molar-refractivity contribution in [1.29, 1.82) is 0 Å². The molecule has 3 rings (SSSR count). The lowest BCUT2D eigenvalue weighted by Crippen LogP contribution is -1.88. The number of nitrogens with zero attached hydrogens (tertiary/aromatic N) is 3. The average molecular weight is 234 g/mol. The number of rotatable bonds is 2. The van der Waals surface area contributed by atoms with Gasteiger partial charge in [0.25, 0.3) is 0 Å². The van der Waals surface area contributed by atoms with Crippen LogP contribution in [0.1, 0.15) is 1.37 Å². The lowest BCUT2D eigenvalue weighted by atomic mass is 10.1. The van der Waals surface area contributed by atoms with Crippen molar-refractivity contribution in [2.75, 3.05) is 0 Å². The van der Waals surface area contributed by atoms with Crippen LogP contribution < -0.4 is 0 Å². The van der Waals surface area contributed by atoms with Crippen molar-refractivity contribution in [3.8, 4) is 22.6 Å². The normalized spacial score (nSPS) is 11.0. The SMILES string of the molecule is [2H]c1c(-c2ccccn2)ccnc1-c1ccccn1. The number of hydrogen-bond acceptors (Lipinski definition) is 3. The molecule has 3 aromatic rings. The van der Waals surface area contributed by atoms with Gasteiger partial charge in [-0.3, -0.25) is 15.0 Å². The highest BCUT2D eigenvalue weighted by atomic mass is 14.8. The van der Waals surface area contributed by atoms with Crippen LogP contribution in [0.3, 0.4) is 0 Å². The molecule has 3 aromatic heterocycles. The Morgan fingerprint density at radius 2 is 1.33 bits per heavy atom. The van der Waals surface area contributed by atoms with E-state index >= 15 is 0 Å². The molecule has 3 nitrogen and oxygen atoms in total. The average Bonchev–Trinajstić information content (AvgIpc) is 2.49. The lowest BCUT2D eigenvalue weighted by Gasteiger charge is -2.03. The second kappa shape index (κ2) is 4.75. The maximum atomic E-state index is 8.28. The molecule has 0 fully saturated rings. The van der Waals surface area contributed by atoms with Crippen molar-refractivity contribution >= 4 is 0 Å². The van der Waals surface area contributed by atoms with Crippen molar-refractivity contribution in [2.24, 2.45) is 0 Å². The van der Waals surface area contributed by atoms with E-state index in [0.717, 1.165) is 11.3 Å². The molecule has 0 N–H and O–H groups in total. The second-order valence-corrected chi connectivity index (χ2v) is 3.76. The fraction of sp³-hybridized carbons (Fsp3) is 0. The Morgan fingerprint density at radius 1 is 0.667 bits per heavy atom. The Hall–Kier alpha value is -2.55. The zero-order valence-corrected chi connectivity index (χ0v) is 9.62. The van der Waals surface area contributed by atoms with Gasteiger partial charge in [-0.1, -0.05) is 12.1 Å². The van der Waals surface area contributed by atoms with Crippen LogP contribution in [0.4, 0.5) is 0 Å². The van der Waals surface area contributed by atoms with Gasteiger partial charge in [-0.25, -0.2) is 0 Å². The van der Waals surface area contributed by atoms with Gasteiger partial charge in [0.1, 0.15) is 0 Å². The minimum Gasteiger partial charge on any atom is -0.256 e. The molecule has 0 aliphatic heterocycles. The first-order valence-electron chi connectivity index (χ1n) is 6.14. The molecule has 3 heteroatoms. The van der Waals surface area contributed by atoms with Gasteiger partial charge < -0.3 is 0 Å². The summed E-state index contributed by atoms with van der Waals surface area (Å²) in [5, 5.41) is 0. The van der Waals surface area contributed by atoms with Crippen molar-refractivity contribution in [2.45, 2.75) is 0 Å². The second-order valence-electron chi connectivity index (χ2n) is 3.76. The molecule has 0 atom stereocenters. The summed E-state index contributed by atoms with van der Waals surface area (Å²) >= 11 is 0. The fourth-order valence-corrected chi connectivity index (χ4v) is 1.69. The van der Waals surface area contributed by atoms with E-state index in [9.17, 15) is 0 Å². The summed E-state index contributed by atoms with van der Waals surface area (Å²) < 4.78 is 8.28. The standard InChI is InChI=1S/C15H11N3/c1-3-8-16-13(5-1)12-7-10-18-15(11-12)14-6-2-4-9-17-14/h1-11H/i11D. The summed E-state index contributed by atoms with van der Waals surface area (Å²) in [6.07, 6.45) is 5.10. The highest BCUT2D eigenvalue weighted by molar-refractivity contribution is 5.65. The van der Waals surface area contributed by atoms with Crippen LogP contribution in [-0.4, -0.2) is 15.0 Å². The molecule has 0 aliphatic rings. The third-order valence-electron chi connectivity index (χ3n) is 2.55. The summed E-state index contributed by atoms with van der Waals surface area (Å²) in [7, 11) is 0. The van der Waals surface area contributed by atoms with E-state index in [2.05, 4.69) is 15.0 Å². The summed E-state index contributed by atoms with van der Waals surface area (Å²) in [6, 6.07) is 13.4. The van der Waals surface area contributed by atoms with Crippen LogP contribution in [0.25, 0.3) is 22.6 Å². The van der Waals surface area contributed by atoms with E-state index in [1.807, 2.05) is 36.4 Å². The monoisotopic (exact) mass is 234 g/mol. The van der Waals surface area contributed by atoms with E-state index < -0.39 is 0 Å². The highest BCUT2D eigenvalue weighted by Crippen LogP contribution is 2.21. The molecule has 0 aliphatic carbocycles. The molecule has 0 unspecified atom stereocenters. The fourth-order valence-electron chi connectivity index (χ4n) is 1.69. The molecular weight excluding hydrogens is 222 g/mol. The zero-order chi connectivity index (χ0) is 13.1. The summed E-state index contributed by atoms with van der Waals surface area (Å²) in [5.74, 6) is 0. The van der Waals surface area contributed by atoms with Gasteiger partial charge in [0.2, 0.25) is 0 Å². The highest BCUT2D eigenvalue weighted by Gasteiger charge is 2.03. The van der Waals surface area contributed by atoms with E-state index in [4.69, 9.17) is 1.37 Å². The van der Waals surface area contributed by atoms with Crippen molar-refractivity contribution in [3.63, 3.8) is 0 Å². The Kier molecular flexibility index (Phi) is 2.50. The van der Waals surface area contributed by atoms with Crippen molar-refractivity contribution < 1.29 is 1.37 Å². The van der Waals surface area contributed by atoms with Crippen molar-refractivity contribution in [1.82, 2.24) is 15.0 Å². The Balaban J connectivity index is 2.15. The molecule has 86 valence electrons. The maximum Gasteiger partial charge on any atom is 0.0892 e. The molecule has 0 saturated heterocycles. The van der Waals surface area contributed by atoms with Gasteiger partial charge in [0, 0.05) is 24.2 Å². The van der Waals surface area contributed by atoms with E-state index in [0.29, 0.717) is 17.4 Å². The Bertz CT molecular complexity index is 627. The smallest absolute Gasteiger partial charge is 0.0892 e. The molecule has 0 radical (unpaired) electrons. The van der Waals surface area contributed by atoms with Gasteiger partial charge in [-0.2, -0.15) is 0 Å². The molecule has 18 heavy (non-hydrogen) atoms. The van der Waals surface area contributed by atoms with Gasteiger partial charge in [0.05, 0.1) is 18.5 Å². The van der Waals surface area contributed by atoms with Crippen LogP contribution in [0.5, 0.6) is 0 Å². The van der Waals surface area contributed by atoms with Gasteiger partial charge in [0.15, 0.2) is 0 Å². The first-order chi connectivity index (χ1) is 9.36. The molecular formula is C15H11N3. The van der Waals surface area contributed by atoms with Gasteiger partial charge in [-0.05, 0) is 36.4 Å². The summed E-state index contributed by atoms with van der Waals surface area (Å²) in [5.41, 5.74) is 2.80. The third kappa shape index (κ3) is 2.11. The van der Waals surface area contributed by atoms with Gasteiger partial charge in [-0.15, -0.1) is 0 Å². The van der Waals surface area contributed by atoms with Crippen LogP contribution in [-0.2, 0) is 0 Å². The Labute approximate surface area is 107 Å². The largest absolute Gasteiger partial charge is 0.256 e. The van der Waals surface area contributed by atoms with Crippen LogP contribution in [0, 0.1) is 0 Å². The van der Waals surface area contributed by atoms with E-state index in [1.54, 1.807) is 24.7 Å². The van der Waals surface area contributed by atoms with Crippen LogP contribution >= 0.6 is 0 Å². The summed E-state index contributed by atoms with van der Waals surface area (Å²) in [4.78, 5) is 12.8. The molecule has 0 aromatic carbocycles. The minimum absolute atomic E-state index is 0.347. The quantitative estimate of drug-likeness (QED) is 0.683. The first-order valence-corrected chi connectivity index (χ1v) is 5.64. The van der Waals surface area contributed by atoms with Crippen LogP contribution in [0.15, 0.2) is 67.1 Å². The lowest BCUT2D eigenvalue weighted by molar-refractivity contribution is 1.24. The van der Waals surface area contributed by atoms with E-state index in [1.165, 1.54) is 0 Å². The molecule has 0 saturated carbocycles. The first kappa shape index (κ1) is 9.48.